The van der Waals surface area contributed by atoms with E-state index < -0.39 is 0 Å². The molecule has 0 aliphatic heterocycles. The van der Waals surface area contributed by atoms with Gasteiger partial charge in [0.2, 0.25) is 0 Å². The van der Waals surface area contributed by atoms with Crippen molar-refractivity contribution in [2.75, 3.05) is 4.90 Å². The molecule has 0 spiro atoms. The highest BCUT2D eigenvalue weighted by molar-refractivity contribution is 6.10. The van der Waals surface area contributed by atoms with Gasteiger partial charge in [0.05, 0.1) is 5.69 Å². The lowest BCUT2D eigenvalue weighted by atomic mass is 9.90. The molecule has 0 N–H and O–H groups in total. The summed E-state index contributed by atoms with van der Waals surface area (Å²) in [6, 6.07) is 84.8. The van der Waals surface area contributed by atoms with Crippen molar-refractivity contribution >= 4 is 49.8 Å². The molecule has 60 heavy (non-hydrogen) atoms. The molecule has 0 saturated carbocycles. The van der Waals surface area contributed by atoms with Gasteiger partial charge >= 0.3 is 0 Å². The Hall–Kier alpha value is -7.94. The fourth-order valence-electron chi connectivity index (χ4n) is 8.80. The highest BCUT2D eigenvalue weighted by atomic mass is 16.3. The summed E-state index contributed by atoms with van der Waals surface area (Å²) in [4.78, 5) is 2.40. The maximum absolute atomic E-state index is 6.46. The van der Waals surface area contributed by atoms with Crippen LogP contribution in [0.25, 0.3) is 88.3 Å². The second kappa shape index (κ2) is 15.1. The van der Waals surface area contributed by atoms with Gasteiger partial charge in [-0.2, -0.15) is 0 Å². The van der Waals surface area contributed by atoms with E-state index in [2.05, 4.69) is 229 Å². The highest BCUT2D eigenvalue weighted by Crippen LogP contribution is 2.46. The van der Waals surface area contributed by atoms with E-state index >= 15 is 0 Å². The number of rotatable bonds is 8. The summed E-state index contributed by atoms with van der Waals surface area (Å²) in [5.74, 6) is 0. The zero-order chi connectivity index (χ0) is 39.8. The monoisotopic (exact) mass is 765 g/mol. The zero-order valence-corrected chi connectivity index (χ0v) is 32.9. The molecule has 2 heteroatoms. The Morgan fingerprint density at radius 1 is 0.283 bits per heavy atom. The number of anilines is 3. The van der Waals surface area contributed by atoms with Crippen molar-refractivity contribution in [3.05, 3.63) is 237 Å². The first-order valence-corrected chi connectivity index (χ1v) is 20.5. The summed E-state index contributed by atoms with van der Waals surface area (Å²) in [7, 11) is 0. The molecular weight excluding hydrogens is 727 g/mol. The zero-order valence-electron chi connectivity index (χ0n) is 32.9. The molecule has 1 aromatic heterocycles. The van der Waals surface area contributed by atoms with Gasteiger partial charge in [-0.1, -0.05) is 200 Å². The summed E-state index contributed by atoms with van der Waals surface area (Å²) in [5.41, 5.74) is 16.8. The van der Waals surface area contributed by atoms with Gasteiger partial charge in [0.1, 0.15) is 11.2 Å². The number of fused-ring (bicyclic) bond motifs is 4. The van der Waals surface area contributed by atoms with E-state index in [-0.39, 0.29) is 0 Å². The number of benzene rings is 10. The molecule has 0 radical (unpaired) electrons. The Kier molecular flexibility index (Phi) is 8.87. The molecule has 0 aliphatic carbocycles. The molecule has 10 aromatic carbocycles. The van der Waals surface area contributed by atoms with Crippen LogP contribution in [-0.4, -0.2) is 0 Å². The molecule has 0 atom stereocenters. The quantitative estimate of drug-likeness (QED) is 0.153. The highest BCUT2D eigenvalue weighted by Gasteiger charge is 2.20. The van der Waals surface area contributed by atoms with Crippen molar-refractivity contribution in [1.29, 1.82) is 0 Å². The Morgan fingerprint density at radius 3 is 1.42 bits per heavy atom. The molecule has 2 nitrogen and oxygen atoms in total. The van der Waals surface area contributed by atoms with Crippen LogP contribution < -0.4 is 4.90 Å². The molecular formula is C58H39NO. The summed E-state index contributed by atoms with van der Waals surface area (Å²) < 4.78 is 6.46. The van der Waals surface area contributed by atoms with E-state index in [1.807, 2.05) is 12.1 Å². The average Bonchev–Trinajstić information content (AvgIpc) is 3.72. The van der Waals surface area contributed by atoms with Crippen LogP contribution in [0.2, 0.25) is 0 Å². The van der Waals surface area contributed by atoms with Crippen LogP contribution in [0.4, 0.5) is 17.1 Å². The molecule has 11 aromatic rings. The molecule has 0 amide bonds. The van der Waals surface area contributed by atoms with Gasteiger partial charge in [-0.3, -0.25) is 0 Å². The smallest absolute Gasteiger partial charge is 0.143 e. The van der Waals surface area contributed by atoms with Gasteiger partial charge in [0.25, 0.3) is 0 Å². The van der Waals surface area contributed by atoms with Crippen molar-refractivity contribution in [1.82, 2.24) is 0 Å². The molecule has 0 bridgehead atoms. The number of hydrogen-bond donors (Lipinski definition) is 0. The Bertz CT molecular complexity index is 3270. The van der Waals surface area contributed by atoms with Gasteiger partial charge in [0, 0.05) is 33.3 Å². The molecule has 0 aliphatic rings. The minimum atomic E-state index is 0.902. The summed E-state index contributed by atoms with van der Waals surface area (Å²) in [6.07, 6.45) is 0. The van der Waals surface area contributed by atoms with Gasteiger partial charge in [-0.25, -0.2) is 0 Å². The lowest BCUT2D eigenvalue weighted by molar-refractivity contribution is 0.670. The predicted molar refractivity (Wildman–Crippen MR) is 253 cm³/mol. The third-order valence-corrected chi connectivity index (χ3v) is 11.7. The van der Waals surface area contributed by atoms with E-state index in [9.17, 15) is 0 Å². The van der Waals surface area contributed by atoms with Gasteiger partial charge in [-0.15, -0.1) is 0 Å². The Labute approximate surface area is 349 Å². The fourth-order valence-corrected chi connectivity index (χ4v) is 8.80. The summed E-state index contributed by atoms with van der Waals surface area (Å²) in [5, 5.41) is 4.71. The van der Waals surface area contributed by atoms with Crippen molar-refractivity contribution in [2.24, 2.45) is 0 Å². The van der Waals surface area contributed by atoms with Crippen LogP contribution in [0.15, 0.2) is 241 Å². The number of para-hydroxylation sites is 3. The maximum atomic E-state index is 6.46. The van der Waals surface area contributed by atoms with Crippen LogP contribution in [0.3, 0.4) is 0 Å². The fraction of sp³-hybridized carbons (Fsp3) is 0. The summed E-state index contributed by atoms with van der Waals surface area (Å²) in [6.45, 7) is 0. The lowest BCUT2D eigenvalue weighted by Crippen LogP contribution is -2.11. The van der Waals surface area contributed by atoms with Crippen LogP contribution in [0.1, 0.15) is 0 Å². The topological polar surface area (TPSA) is 16.4 Å². The maximum Gasteiger partial charge on any atom is 0.143 e. The third kappa shape index (κ3) is 6.32. The standard InChI is InChI=1S/C58H39NO/c1-3-14-40(15-4-1)41-28-30-42(31-29-41)43-32-36-47(37-33-43)59(48-38-34-45(35-39-48)50-23-13-25-54-52-21-8-10-27-56(52)60-58(50)54)55-26-9-7-20-51(55)53-24-12-19-46-18-11-22-49(57(46)53)44-16-5-2-6-17-44/h1-39H. The predicted octanol–water partition coefficient (Wildman–Crippen LogP) is 16.5. The van der Waals surface area contributed by atoms with E-state index in [0.29, 0.717) is 0 Å². The molecule has 1 heterocycles. The second-order valence-electron chi connectivity index (χ2n) is 15.2. The SMILES string of the molecule is c1ccc(-c2ccc(-c3ccc(N(c4ccc(-c5cccc6c5oc5ccccc56)cc4)c4ccccc4-c4cccc5cccc(-c6ccccc6)c45)cc3)cc2)cc1. The molecule has 0 unspecified atom stereocenters. The largest absolute Gasteiger partial charge is 0.455 e. The van der Waals surface area contributed by atoms with Gasteiger partial charge in [-0.05, 0) is 91.7 Å². The normalized spacial score (nSPS) is 11.3. The van der Waals surface area contributed by atoms with Crippen molar-refractivity contribution in [3.63, 3.8) is 0 Å². The van der Waals surface area contributed by atoms with Crippen LogP contribution in [0, 0.1) is 0 Å². The third-order valence-electron chi connectivity index (χ3n) is 11.7. The van der Waals surface area contributed by atoms with Crippen molar-refractivity contribution in [2.45, 2.75) is 0 Å². The Balaban J connectivity index is 1.05. The van der Waals surface area contributed by atoms with Crippen molar-refractivity contribution in [3.8, 4) is 55.6 Å². The number of hydrogen-bond acceptors (Lipinski definition) is 2. The molecule has 0 fully saturated rings. The summed E-state index contributed by atoms with van der Waals surface area (Å²) >= 11 is 0. The lowest BCUT2D eigenvalue weighted by Gasteiger charge is -2.29. The van der Waals surface area contributed by atoms with E-state index in [1.165, 1.54) is 49.7 Å². The van der Waals surface area contributed by atoms with Gasteiger partial charge in [0.15, 0.2) is 0 Å². The van der Waals surface area contributed by atoms with Crippen molar-refractivity contribution < 1.29 is 4.42 Å². The van der Waals surface area contributed by atoms with E-state index in [1.54, 1.807) is 0 Å². The van der Waals surface area contributed by atoms with E-state index in [0.717, 1.165) is 55.7 Å². The molecule has 282 valence electrons. The first-order valence-electron chi connectivity index (χ1n) is 20.5. The van der Waals surface area contributed by atoms with Crippen LogP contribution in [0.5, 0.6) is 0 Å². The average molecular weight is 766 g/mol. The first-order chi connectivity index (χ1) is 29.8. The molecule has 0 saturated heterocycles. The van der Waals surface area contributed by atoms with Gasteiger partial charge < -0.3 is 9.32 Å². The number of nitrogens with zero attached hydrogens (tertiary/aromatic N) is 1. The first kappa shape index (κ1) is 35.2. The second-order valence-corrected chi connectivity index (χ2v) is 15.2. The molecule has 11 rings (SSSR count). The van der Waals surface area contributed by atoms with E-state index in [4.69, 9.17) is 4.42 Å². The van der Waals surface area contributed by atoms with Crippen LogP contribution >= 0.6 is 0 Å². The number of furan rings is 1. The minimum Gasteiger partial charge on any atom is -0.455 e. The minimum absolute atomic E-state index is 0.902. The van der Waals surface area contributed by atoms with Crippen LogP contribution in [-0.2, 0) is 0 Å². The Morgan fingerprint density at radius 2 is 0.733 bits per heavy atom.